The first-order chi connectivity index (χ1) is 13.5. The fourth-order valence-corrected chi connectivity index (χ4v) is 3.10. The third-order valence-corrected chi connectivity index (χ3v) is 4.63. The van der Waals surface area contributed by atoms with Gasteiger partial charge in [0.05, 0.1) is 0 Å². The van der Waals surface area contributed by atoms with E-state index < -0.39 is 6.10 Å². The Kier molecular flexibility index (Phi) is 4.44. The van der Waals surface area contributed by atoms with Gasteiger partial charge in [0.25, 0.3) is 0 Å². The number of hydrogen-bond donors (Lipinski definition) is 1. The summed E-state index contributed by atoms with van der Waals surface area (Å²) in [6, 6.07) is 7.62. The Morgan fingerprint density at radius 1 is 0.750 bits per heavy atom. The van der Waals surface area contributed by atoms with E-state index >= 15 is 0 Å². The minimum absolute atomic E-state index is 0.539. The van der Waals surface area contributed by atoms with Crippen molar-refractivity contribution in [2.75, 3.05) is 0 Å². The second-order valence-corrected chi connectivity index (χ2v) is 6.67. The summed E-state index contributed by atoms with van der Waals surface area (Å²) in [7, 11) is 3.49. The van der Waals surface area contributed by atoms with Crippen LogP contribution in [0.2, 0.25) is 0 Å². The molecule has 9 nitrogen and oxygen atoms in total. The maximum absolute atomic E-state index is 11.3. The van der Waals surface area contributed by atoms with Crippen molar-refractivity contribution in [2.24, 2.45) is 14.1 Å². The van der Waals surface area contributed by atoms with Crippen LogP contribution in [0.4, 0.5) is 0 Å². The number of pyridine rings is 2. The smallest absolute Gasteiger partial charge is 0.142 e. The van der Waals surface area contributed by atoms with Gasteiger partial charge in [-0.1, -0.05) is 10.4 Å². The van der Waals surface area contributed by atoms with E-state index in [-0.39, 0.29) is 0 Å². The molecule has 4 rings (SSSR count). The normalized spacial score (nSPS) is 11.4. The fourth-order valence-electron chi connectivity index (χ4n) is 3.10. The van der Waals surface area contributed by atoms with Crippen LogP contribution in [0, 0.1) is 13.8 Å². The molecule has 0 unspecified atom stereocenters. The number of aryl methyl sites for hydroxylation is 4. The number of aliphatic hydroxyl groups excluding tert-OH is 1. The third-order valence-electron chi connectivity index (χ3n) is 4.63. The van der Waals surface area contributed by atoms with Gasteiger partial charge in [0.1, 0.15) is 28.9 Å². The summed E-state index contributed by atoms with van der Waals surface area (Å²) < 4.78 is 3.12. The quantitative estimate of drug-likeness (QED) is 0.578. The van der Waals surface area contributed by atoms with Gasteiger partial charge in [-0.3, -0.25) is 9.97 Å². The van der Waals surface area contributed by atoms with Crippen LogP contribution >= 0.6 is 0 Å². The highest BCUT2D eigenvalue weighted by Crippen LogP contribution is 2.33. The average molecular weight is 376 g/mol. The first-order valence-electron chi connectivity index (χ1n) is 8.79. The monoisotopic (exact) mass is 376 g/mol. The van der Waals surface area contributed by atoms with Crippen molar-refractivity contribution in [1.29, 1.82) is 0 Å². The molecule has 0 bridgehead atoms. The molecule has 0 aliphatic heterocycles. The van der Waals surface area contributed by atoms with E-state index in [1.165, 1.54) is 0 Å². The van der Waals surface area contributed by atoms with Gasteiger partial charge in [-0.15, -0.1) is 10.2 Å². The highest BCUT2D eigenvalue weighted by Gasteiger charge is 2.28. The van der Waals surface area contributed by atoms with Crippen LogP contribution in [-0.2, 0) is 14.1 Å². The summed E-state index contributed by atoms with van der Waals surface area (Å²) >= 11 is 0. The summed E-state index contributed by atoms with van der Waals surface area (Å²) in [5.74, 6) is 0. The molecule has 28 heavy (non-hydrogen) atoms. The lowest BCUT2D eigenvalue weighted by molar-refractivity contribution is 0.200. The van der Waals surface area contributed by atoms with Crippen LogP contribution in [0.3, 0.4) is 0 Å². The Hall–Kier alpha value is -3.46. The van der Waals surface area contributed by atoms with Crippen molar-refractivity contribution >= 4 is 0 Å². The molecule has 0 aliphatic rings. The lowest BCUT2D eigenvalue weighted by Crippen LogP contribution is -2.13. The standard InChI is InChI=1S/C19H20N8O/c1-11-5-7-13(9-20-11)15-17(26(3)24-22-15)19(28)18-16(23-25-27(18)4)14-8-6-12(2)21-10-14/h5-10,19,28H,1-4H3. The summed E-state index contributed by atoms with van der Waals surface area (Å²) in [5.41, 5.74) is 5.57. The lowest BCUT2D eigenvalue weighted by Gasteiger charge is -2.14. The Morgan fingerprint density at radius 3 is 1.54 bits per heavy atom. The van der Waals surface area contributed by atoms with Gasteiger partial charge in [-0.25, -0.2) is 9.36 Å². The zero-order valence-corrected chi connectivity index (χ0v) is 16.1. The van der Waals surface area contributed by atoms with Gasteiger partial charge in [0, 0.05) is 49.0 Å². The van der Waals surface area contributed by atoms with E-state index in [1.54, 1.807) is 35.9 Å². The third kappa shape index (κ3) is 3.05. The molecular formula is C19H20N8O. The lowest BCUT2D eigenvalue weighted by atomic mass is 10.0. The van der Waals surface area contributed by atoms with Gasteiger partial charge >= 0.3 is 0 Å². The van der Waals surface area contributed by atoms with Crippen LogP contribution in [0.15, 0.2) is 36.7 Å². The molecule has 0 aliphatic carbocycles. The van der Waals surface area contributed by atoms with Crippen molar-refractivity contribution in [3.05, 3.63) is 59.4 Å². The summed E-state index contributed by atoms with van der Waals surface area (Å²) in [6.45, 7) is 3.83. The first-order valence-corrected chi connectivity index (χ1v) is 8.79. The van der Waals surface area contributed by atoms with Gasteiger partial charge in [0.15, 0.2) is 0 Å². The molecule has 0 atom stereocenters. The Bertz CT molecular complexity index is 1020. The minimum atomic E-state index is -1.03. The van der Waals surface area contributed by atoms with Crippen LogP contribution < -0.4 is 0 Å². The highest BCUT2D eigenvalue weighted by atomic mass is 16.3. The largest absolute Gasteiger partial charge is 0.380 e. The molecule has 4 aromatic rings. The Balaban J connectivity index is 1.83. The van der Waals surface area contributed by atoms with Crippen molar-refractivity contribution in [2.45, 2.75) is 20.0 Å². The molecule has 1 N–H and O–H groups in total. The molecule has 0 saturated heterocycles. The summed E-state index contributed by atoms with van der Waals surface area (Å²) in [5, 5.41) is 28.0. The molecule has 0 spiro atoms. The second kappa shape index (κ2) is 6.93. The number of hydrogen-bond acceptors (Lipinski definition) is 7. The van der Waals surface area contributed by atoms with Crippen LogP contribution in [0.1, 0.15) is 28.9 Å². The number of aliphatic hydroxyl groups is 1. The molecule has 0 aromatic carbocycles. The maximum Gasteiger partial charge on any atom is 0.142 e. The fraction of sp³-hybridized carbons (Fsp3) is 0.263. The van der Waals surface area contributed by atoms with Crippen LogP contribution in [0.25, 0.3) is 22.5 Å². The molecule has 142 valence electrons. The average Bonchev–Trinajstić information content (AvgIpc) is 3.25. The van der Waals surface area contributed by atoms with E-state index in [1.807, 2.05) is 38.1 Å². The predicted molar refractivity (Wildman–Crippen MR) is 102 cm³/mol. The van der Waals surface area contributed by atoms with Crippen molar-refractivity contribution in [3.8, 4) is 22.5 Å². The van der Waals surface area contributed by atoms with E-state index in [2.05, 4.69) is 30.6 Å². The van der Waals surface area contributed by atoms with E-state index in [0.29, 0.717) is 22.8 Å². The van der Waals surface area contributed by atoms with Gasteiger partial charge in [0.2, 0.25) is 0 Å². The minimum Gasteiger partial charge on any atom is -0.380 e. The molecule has 0 fully saturated rings. The molecule has 0 saturated carbocycles. The predicted octanol–water partition coefficient (Wildman–Crippen LogP) is 1.77. The first kappa shape index (κ1) is 17.9. The second-order valence-electron chi connectivity index (χ2n) is 6.67. The summed E-state index contributed by atoms with van der Waals surface area (Å²) in [4.78, 5) is 8.64. The Labute approximate surface area is 161 Å². The van der Waals surface area contributed by atoms with Crippen molar-refractivity contribution in [1.82, 2.24) is 40.0 Å². The van der Waals surface area contributed by atoms with E-state index in [4.69, 9.17) is 0 Å². The SMILES string of the molecule is Cc1ccc(-c2nnn(C)c2C(O)c2c(-c3ccc(C)nc3)nnn2C)cn1. The molecule has 0 radical (unpaired) electrons. The molecule has 0 amide bonds. The van der Waals surface area contributed by atoms with Crippen molar-refractivity contribution in [3.63, 3.8) is 0 Å². The molecule has 4 heterocycles. The van der Waals surface area contributed by atoms with Gasteiger partial charge < -0.3 is 5.11 Å². The van der Waals surface area contributed by atoms with Gasteiger partial charge in [-0.05, 0) is 38.1 Å². The summed E-state index contributed by atoms with van der Waals surface area (Å²) in [6.07, 6.45) is 2.41. The van der Waals surface area contributed by atoms with Gasteiger partial charge in [-0.2, -0.15) is 0 Å². The number of rotatable bonds is 4. The van der Waals surface area contributed by atoms with E-state index in [9.17, 15) is 5.11 Å². The number of aromatic nitrogens is 8. The van der Waals surface area contributed by atoms with Crippen LogP contribution in [0.5, 0.6) is 0 Å². The zero-order valence-electron chi connectivity index (χ0n) is 16.1. The topological polar surface area (TPSA) is 107 Å². The Morgan fingerprint density at radius 2 is 1.18 bits per heavy atom. The highest BCUT2D eigenvalue weighted by molar-refractivity contribution is 5.65. The van der Waals surface area contributed by atoms with E-state index in [0.717, 1.165) is 22.5 Å². The molecular weight excluding hydrogens is 356 g/mol. The number of nitrogens with zero attached hydrogens (tertiary/aromatic N) is 8. The van der Waals surface area contributed by atoms with Crippen LogP contribution in [-0.4, -0.2) is 45.1 Å². The maximum atomic E-state index is 11.3. The zero-order chi connectivity index (χ0) is 19.8. The molecule has 9 heteroatoms. The molecule has 4 aromatic heterocycles. The van der Waals surface area contributed by atoms with Crippen molar-refractivity contribution < 1.29 is 5.11 Å².